The topological polar surface area (TPSA) is 85.3 Å². The molecule has 0 radical (unpaired) electrons. The molecular weight excluding hydrogens is 236 g/mol. The highest BCUT2D eigenvalue weighted by Crippen LogP contribution is 2.18. The molecule has 2 heterocycles. The molecule has 7 nitrogen and oxygen atoms in total. The number of ether oxygens (including phenoxy) is 1. The molecule has 0 N–H and O–H groups in total. The Hall–Kier alpha value is -1.57. The van der Waals surface area contributed by atoms with E-state index in [1.807, 2.05) is 0 Å². The molecule has 0 aromatic heterocycles. The number of imide groups is 1. The van der Waals surface area contributed by atoms with Gasteiger partial charge in [0.15, 0.2) is 5.44 Å². The largest absolute Gasteiger partial charge is 0.535 e. The van der Waals surface area contributed by atoms with Crippen molar-refractivity contribution in [1.82, 2.24) is 5.06 Å². The van der Waals surface area contributed by atoms with Gasteiger partial charge in [-0.1, -0.05) is 16.8 Å². The standard InChI is InChI=1S/C8H8N2O5S/c11-5-1-2-6(12)10(5)15-8(13)14-7-3-9-4-16-7/h4,7H,1-3H2. The van der Waals surface area contributed by atoms with E-state index < -0.39 is 23.4 Å². The number of thioether (sulfide) groups is 1. The Morgan fingerprint density at radius 1 is 1.44 bits per heavy atom. The molecule has 2 aliphatic rings. The van der Waals surface area contributed by atoms with Crippen LogP contribution in [0.3, 0.4) is 0 Å². The lowest BCUT2D eigenvalue weighted by Crippen LogP contribution is -2.33. The van der Waals surface area contributed by atoms with Crippen molar-refractivity contribution in [2.75, 3.05) is 6.54 Å². The minimum Gasteiger partial charge on any atom is -0.416 e. The molecule has 86 valence electrons. The van der Waals surface area contributed by atoms with Gasteiger partial charge in [-0.15, -0.1) is 0 Å². The van der Waals surface area contributed by atoms with Crippen molar-refractivity contribution in [3.05, 3.63) is 0 Å². The first-order valence-corrected chi connectivity index (χ1v) is 5.49. The predicted molar refractivity (Wildman–Crippen MR) is 53.4 cm³/mol. The second kappa shape index (κ2) is 4.52. The summed E-state index contributed by atoms with van der Waals surface area (Å²) >= 11 is 1.23. The number of aliphatic imine (C=N–C) groups is 1. The van der Waals surface area contributed by atoms with Crippen LogP contribution in [-0.4, -0.2) is 40.6 Å². The number of hydrogen-bond acceptors (Lipinski definition) is 7. The lowest BCUT2D eigenvalue weighted by Gasteiger charge is -2.14. The summed E-state index contributed by atoms with van der Waals surface area (Å²) in [6.45, 7) is 0.349. The van der Waals surface area contributed by atoms with E-state index in [-0.39, 0.29) is 12.8 Å². The maximum Gasteiger partial charge on any atom is 0.535 e. The van der Waals surface area contributed by atoms with E-state index in [0.29, 0.717) is 11.6 Å². The Labute approximate surface area is 94.7 Å². The first-order valence-electron chi connectivity index (χ1n) is 4.55. The number of hydrogen-bond donors (Lipinski definition) is 0. The number of hydroxylamine groups is 2. The second-order valence-corrected chi connectivity index (χ2v) is 4.09. The highest BCUT2D eigenvalue weighted by Gasteiger charge is 2.34. The van der Waals surface area contributed by atoms with Crippen molar-refractivity contribution < 1.29 is 24.0 Å². The quantitative estimate of drug-likeness (QED) is 0.513. The summed E-state index contributed by atoms with van der Waals surface area (Å²) in [5, 5.41) is 0.447. The van der Waals surface area contributed by atoms with Crippen LogP contribution in [0.1, 0.15) is 12.8 Å². The number of rotatable bonds is 2. The Morgan fingerprint density at radius 3 is 2.69 bits per heavy atom. The Bertz CT molecular complexity index is 345. The highest BCUT2D eigenvalue weighted by molar-refractivity contribution is 8.12. The Balaban J connectivity index is 1.82. The first-order chi connectivity index (χ1) is 7.66. The maximum absolute atomic E-state index is 11.2. The predicted octanol–water partition coefficient (Wildman–Crippen LogP) is 0.305. The first kappa shape index (κ1) is 10.9. The summed E-state index contributed by atoms with van der Waals surface area (Å²) in [5.74, 6) is -1.06. The minimum absolute atomic E-state index is 0.0629. The van der Waals surface area contributed by atoms with Gasteiger partial charge in [-0.3, -0.25) is 19.4 Å². The molecule has 0 saturated carbocycles. The monoisotopic (exact) mass is 244 g/mol. The van der Waals surface area contributed by atoms with E-state index in [4.69, 9.17) is 4.74 Å². The summed E-state index contributed by atoms with van der Waals surface area (Å²) < 4.78 is 4.80. The molecule has 0 aliphatic carbocycles. The maximum atomic E-state index is 11.2. The number of carbonyl (C=O) groups is 3. The minimum atomic E-state index is -1.06. The summed E-state index contributed by atoms with van der Waals surface area (Å²) in [7, 11) is 0. The number of amides is 2. The fourth-order valence-corrected chi connectivity index (χ4v) is 1.82. The van der Waals surface area contributed by atoms with E-state index in [1.165, 1.54) is 11.8 Å². The van der Waals surface area contributed by atoms with Gasteiger partial charge < -0.3 is 4.74 Å². The van der Waals surface area contributed by atoms with Gasteiger partial charge in [-0.2, -0.15) is 0 Å². The molecule has 1 fully saturated rings. The molecule has 0 bridgehead atoms. The highest BCUT2D eigenvalue weighted by atomic mass is 32.2. The van der Waals surface area contributed by atoms with Crippen LogP contribution >= 0.6 is 11.8 Å². The van der Waals surface area contributed by atoms with Crippen LogP contribution < -0.4 is 0 Å². The molecule has 0 spiro atoms. The SMILES string of the molecule is O=C(OC1CN=CS1)ON1C(=O)CCC1=O. The van der Waals surface area contributed by atoms with Crippen LogP contribution in [0, 0.1) is 0 Å². The van der Waals surface area contributed by atoms with Crippen molar-refractivity contribution >= 4 is 35.3 Å². The van der Waals surface area contributed by atoms with Crippen molar-refractivity contribution in [2.24, 2.45) is 4.99 Å². The second-order valence-electron chi connectivity index (χ2n) is 3.08. The van der Waals surface area contributed by atoms with Crippen molar-refractivity contribution in [2.45, 2.75) is 18.3 Å². The molecule has 8 heteroatoms. The Kier molecular flexibility index (Phi) is 3.09. The number of carbonyl (C=O) groups excluding carboxylic acids is 3. The summed E-state index contributed by atoms with van der Waals surface area (Å²) in [5.41, 5.74) is 1.12. The molecule has 1 atom stereocenters. The van der Waals surface area contributed by atoms with Crippen LogP contribution in [0.2, 0.25) is 0 Å². The normalized spacial score (nSPS) is 24.0. The molecule has 2 rings (SSSR count). The average Bonchev–Trinajstić information content (AvgIpc) is 2.83. The molecule has 1 saturated heterocycles. The molecular formula is C8H8N2O5S. The Morgan fingerprint density at radius 2 is 2.12 bits per heavy atom. The van der Waals surface area contributed by atoms with Gasteiger partial charge in [-0.05, 0) is 0 Å². The molecule has 0 aromatic carbocycles. The van der Waals surface area contributed by atoms with Gasteiger partial charge in [0.1, 0.15) is 0 Å². The van der Waals surface area contributed by atoms with Gasteiger partial charge >= 0.3 is 6.16 Å². The van der Waals surface area contributed by atoms with E-state index in [1.54, 1.807) is 5.55 Å². The average molecular weight is 244 g/mol. The van der Waals surface area contributed by atoms with Crippen molar-refractivity contribution in [3.63, 3.8) is 0 Å². The molecule has 2 aliphatic heterocycles. The lowest BCUT2D eigenvalue weighted by molar-refractivity contribution is -0.177. The van der Waals surface area contributed by atoms with Gasteiger partial charge in [0.05, 0.1) is 12.1 Å². The van der Waals surface area contributed by atoms with Gasteiger partial charge in [0, 0.05) is 12.8 Å². The lowest BCUT2D eigenvalue weighted by atomic mass is 10.4. The van der Waals surface area contributed by atoms with Gasteiger partial charge in [0.2, 0.25) is 0 Å². The van der Waals surface area contributed by atoms with Crippen LogP contribution in [0.15, 0.2) is 4.99 Å². The third kappa shape index (κ3) is 2.32. The van der Waals surface area contributed by atoms with E-state index in [9.17, 15) is 14.4 Å². The summed E-state index contributed by atoms with van der Waals surface area (Å²) in [6.07, 6.45) is -0.938. The summed E-state index contributed by atoms with van der Waals surface area (Å²) in [4.78, 5) is 41.7. The van der Waals surface area contributed by atoms with E-state index >= 15 is 0 Å². The fraction of sp³-hybridized carbons (Fsp3) is 0.500. The van der Waals surface area contributed by atoms with Crippen LogP contribution in [0.4, 0.5) is 4.79 Å². The molecule has 16 heavy (non-hydrogen) atoms. The smallest absolute Gasteiger partial charge is 0.416 e. The fourth-order valence-electron chi connectivity index (χ4n) is 1.21. The zero-order valence-corrected chi connectivity index (χ0v) is 8.94. The third-order valence-corrected chi connectivity index (χ3v) is 2.76. The van der Waals surface area contributed by atoms with Crippen LogP contribution in [-0.2, 0) is 19.2 Å². The summed E-state index contributed by atoms with van der Waals surface area (Å²) in [6, 6.07) is 0. The van der Waals surface area contributed by atoms with Crippen LogP contribution in [0.25, 0.3) is 0 Å². The zero-order chi connectivity index (χ0) is 11.5. The van der Waals surface area contributed by atoms with Gasteiger partial charge in [0.25, 0.3) is 11.8 Å². The third-order valence-electron chi connectivity index (χ3n) is 1.94. The molecule has 0 aromatic rings. The van der Waals surface area contributed by atoms with E-state index in [0.717, 1.165) is 0 Å². The molecule has 1 unspecified atom stereocenters. The van der Waals surface area contributed by atoms with Crippen LogP contribution in [0.5, 0.6) is 0 Å². The number of nitrogens with zero attached hydrogens (tertiary/aromatic N) is 2. The van der Waals surface area contributed by atoms with E-state index in [2.05, 4.69) is 9.83 Å². The zero-order valence-electron chi connectivity index (χ0n) is 8.12. The van der Waals surface area contributed by atoms with Crippen molar-refractivity contribution in [1.29, 1.82) is 0 Å². The molecule has 2 amide bonds. The van der Waals surface area contributed by atoms with Gasteiger partial charge in [-0.25, -0.2) is 4.79 Å². The van der Waals surface area contributed by atoms with Crippen molar-refractivity contribution in [3.8, 4) is 0 Å².